The molecular weight excluding hydrogens is 250 g/mol. The molecule has 92 valence electrons. The topological polar surface area (TPSA) is 0 Å². The van der Waals surface area contributed by atoms with Gasteiger partial charge in [0.2, 0.25) is 0 Å². The lowest BCUT2D eigenvalue weighted by atomic mass is 10.2. The van der Waals surface area contributed by atoms with Gasteiger partial charge in [-0.2, -0.15) is 0 Å². The molecule has 0 aromatic heterocycles. The van der Waals surface area contributed by atoms with E-state index >= 15 is 0 Å². The summed E-state index contributed by atoms with van der Waals surface area (Å²) in [6.07, 6.45) is 8.13. The van der Waals surface area contributed by atoms with Crippen LogP contribution in [0.2, 0.25) is 0 Å². The average Bonchev–Trinajstić information content (AvgIpc) is 2.24. The van der Waals surface area contributed by atoms with Crippen LogP contribution < -0.4 is 0 Å². The summed E-state index contributed by atoms with van der Waals surface area (Å²) < 4.78 is 1.30. The Balaban J connectivity index is 3.89. The molecule has 1 nitrogen and oxygen atoms in total. The van der Waals surface area contributed by atoms with Crippen LogP contribution in [-0.2, 0) is 0 Å². The van der Waals surface area contributed by atoms with Crippen LogP contribution >= 0.6 is 15.9 Å². The largest absolute Gasteiger partial charge is 0.326 e. The molecular formula is C13H29BrN+. The smallest absolute Gasteiger partial charge is 0.0784 e. The lowest BCUT2D eigenvalue weighted by molar-refractivity contribution is -0.910. The zero-order chi connectivity index (χ0) is 11.6. The van der Waals surface area contributed by atoms with E-state index in [1.54, 1.807) is 0 Å². The van der Waals surface area contributed by atoms with Crippen molar-refractivity contribution in [3.05, 3.63) is 0 Å². The maximum absolute atomic E-state index is 3.52. The van der Waals surface area contributed by atoms with E-state index in [-0.39, 0.29) is 0 Å². The van der Waals surface area contributed by atoms with Gasteiger partial charge in [-0.1, -0.05) is 42.6 Å². The molecule has 0 rings (SSSR count). The number of alkyl halides is 1. The molecule has 0 amide bonds. The number of halogens is 1. The monoisotopic (exact) mass is 278 g/mol. The summed E-state index contributed by atoms with van der Waals surface area (Å²) in [5, 5.41) is 1.16. The fraction of sp³-hybridized carbons (Fsp3) is 1.00. The molecule has 0 N–H and O–H groups in total. The molecule has 0 unspecified atom stereocenters. The van der Waals surface area contributed by atoms with Gasteiger partial charge >= 0.3 is 0 Å². The number of unbranched alkanes of at least 4 members (excludes halogenated alkanes) is 3. The highest BCUT2D eigenvalue weighted by molar-refractivity contribution is 9.09. The number of nitrogens with zero attached hydrogens (tertiary/aromatic N) is 1. The van der Waals surface area contributed by atoms with E-state index in [0.717, 1.165) is 5.33 Å². The van der Waals surface area contributed by atoms with Crippen LogP contribution in [-0.4, -0.2) is 36.5 Å². The van der Waals surface area contributed by atoms with Gasteiger partial charge in [-0.05, 0) is 25.7 Å². The van der Waals surface area contributed by atoms with E-state index in [4.69, 9.17) is 0 Å². The molecule has 0 aliphatic carbocycles. The SMILES string of the molecule is CCCC[N+](C)(CCCC)CCCCBr. The Labute approximate surface area is 105 Å². The summed E-state index contributed by atoms with van der Waals surface area (Å²) >= 11 is 3.52. The van der Waals surface area contributed by atoms with Gasteiger partial charge in [0.25, 0.3) is 0 Å². The highest BCUT2D eigenvalue weighted by Crippen LogP contribution is 2.11. The molecule has 2 heteroatoms. The number of rotatable bonds is 10. The highest BCUT2D eigenvalue weighted by Gasteiger charge is 2.19. The standard InChI is InChI=1S/C13H29BrN/c1-4-6-11-15(3,12-7-5-2)13-9-8-10-14/h4-13H2,1-3H3/q+1. The third-order valence-electron chi connectivity index (χ3n) is 3.18. The quantitative estimate of drug-likeness (QED) is 0.319. The number of quaternary nitrogens is 1. The van der Waals surface area contributed by atoms with Crippen molar-refractivity contribution < 1.29 is 4.48 Å². The Morgan fingerprint density at radius 1 is 0.800 bits per heavy atom. The summed E-state index contributed by atoms with van der Waals surface area (Å²) in [5.41, 5.74) is 0. The maximum Gasteiger partial charge on any atom is 0.0784 e. The zero-order valence-corrected chi connectivity index (χ0v) is 12.5. The van der Waals surface area contributed by atoms with Crippen molar-refractivity contribution >= 4 is 15.9 Å². The molecule has 0 aromatic carbocycles. The van der Waals surface area contributed by atoms with Crippen LogP contribution in [0, 0.1) is 0 Å². The maximum atomic E-state index is 3.52. The van der Waals surface area contributed by atoms with Gasteiger partial charge in [0, 0.05) is 5.33 Å². The van der Waals surface area contributed by atoms with Crippen molar-refractivity contribution in [2.75, 3.05) is 32.0 Å². The molecule has 0 heterocycles. The van der Waals surface area contributed by atoms with Gasteiger partial charge in [-0.25, -0.2) is 0 Å². The van der Waals surface area contributed by atoms with Crippen LogP contribution in [0.25, 0.3) is 0 Å². The molecule has 0 aromatic rings. The van der Waals surface area contributed by atoms with Crippen LogP contribution in [0.5, 0.6) is 0 Å². The van der Waals surface area contributed by atoms with Crippen molar-refractivity contribution in [3.63, 3.8) is 0 Å². The molecule has 0 bridgehead atoms. The molecule has 0 aliphatic rings. The van der Waals surface area contributed by atoms with E-state index in [0.29, 0.717) is 0 Å². The molecule has 0 saturated carbocycles. The fourth-order valence-electron chi connectivity index (χ4n) is 2.00. The first-order valence-electron chi connectivity index (χ1n) is 6.58. The van der Waals surface area contributed by atoms with Gasteiger partial charge in [0.1, 0.15) is 0 Å². The molecule has 0 fully saturated rings. The summed E-state index contributed by atoms with van der Waals surface area (Å²) in [5.74, 6) is 0. The first kappa shape index (κ1) is 15.4. The third-order valence-corrected chi connectivity index (χ3v) is 3.75. The van der Waals surface area contributed by atoms with Gasteiger partial charge in [0.05, 0.1) is 26.7 Å². The predicted octanol–water partition coefficient (Wildman–Crippen LogP) is 4.21. The average molecular weight is 279 g/mol. The summed E-state index contributed by atoms with van der Waals surface area (Å²) in [6.45, 7) is 8.70. The van der Waals surface area contributed by atoms with E-state index in [1.165, 1.54) is 62.6 Å². The van der Waals surface area contributed by atoms with Crippen molar-refractivity contribution in [3.8, 4) is 0 Å². The summed E-state index contributed by atoms with van der Waals surface area (Å²) in [4.78, 5) is 0. The number of hydrogen-bond acceptors (Lipinski definition) is 0. The highest BCUT2D eigenvalue weighted by atomic mass is 79.9. The second-order valence-electron chi connectivity index (χ2n) is 4.89. The van der Waals surface area contributed by atoms with E-state index in [2.05, 4.69) is 36.8 Å². The van der Waals surface area contributed by atoms with E-state index < -0.39 is 0 Å². The van der Waals surface area contributed by atoms with Crippen molar-refractivity contribution in [2.24, 2.45) is 0 Å². The summed E-state index contributed by atoms with van der Waals surface area (Å²) in [6, 6.07) is 0. The Bertz CT molecular complexity index is 128. The zero-order valence-electron chi connectivity index (χ0n) is 10.9. The fourth-order valence-corrected chi connectivity index (χ4v) is 2.40. The van der Waals surface area contributed by atoms with Gasteiger partial charge in [0.15, 0.2) is 0 Å². The van der Waals surface area contributed by atoms with Crippen LogP contribution in [0.3, 0.4) is 0 Å². The lowest BCUT2D eigenvalue weighted by Crippen LogP contribution is -2.46. The Morgan fingerprint density at radius 3 is 1.67 bits per heavy atom. The second kappa shape index (κ2) is 9.65. The second-order valence-corrected chi connectivity index (χ2v) is 5.69. The van der Waals surface area contributed by atoms with Gasteiger partial charge in [-0.3, -0.25) is 0 Å². The summed E-state index contributed by atoms with van der Waals surface area (Å²) in [7, 11) is 2.44. The minimum absolute atomic E-state index is 1.16. The van der Waals surface area contributed by atoms with Crippen molar-refractivity contribution in [2.45, 2.75) is 52.4 Å². The molecule has 0 radical (unpaired) electrons. The molecule has 0 aliphatic heterocycles. The number of hydrogen-bond donors (Lipinski definition) is 0. The Morgan fingerprint density at radius 2 is 1.27 bits per heavy atom. The normalized spacial score (nSPS) is 12.0. The first-order chi connectivity index (χ1) is 7.18. The minimum atomic E-state index is 1.16. The first-order valence-corrected chi connectivity index (χ1v) is 7.70. The molecule has 0 atom stereocenters. The van der Waals surface area contributed by atoms with Crippen molar-refractivity contribution in [1.82, 2.24) is 0 Å². The van der Waals surface area contributed by atoms with Crippen LogP contribution in [0.15, 0.2) is 0 Å². The van der Waals surface area contributed by atoms with Gasteiger partial charge < -0.3 is 4.48 Å². The van der Waals surface area contributed by atoms with E-state index in [9.17, 15) is 0 Å². The lowest BCUT2D eigenvalue weighted by Gasteiger charge is -2.34. The van der Waals surface area contributed by atoms with Crippen LogP contribution in [0.4, 0.5) is 0 Å². The Kier molecular flexibility index (Phi) is 9.93. The third kappa shape index (κ3) is 8.27. The molecule has 0 spiro atoms. The Hall–Kier alpha value is 0.440. The van der Waals surface area contributed by atoms with Gasteiger partial charge in [-0.15, -0.1) is 0 Å². The van der Waals surface area contributed by atoms with E-state index in [1.807, 2.05) is 0 Å². The minimum Gasteiger partial charge on any atom is -0.326 e. The van der Waals surface area contributed by atoms with Crippen LogP contribution in [0.1, 0.15) is 52.4 Å². The molecule has 15 heavy (non-hydrogen) atoms. The van der Waals surface area contributed by atoms with Crippen molar-refractivity contribution in [1.29, 1.82) is 0 Å². The molecule has 0 saturated heterocycles. The predicted molar refractivity (Wildman–Crippen MR) is 73.6 cm³/mol.